The van der Waals surface area contributed by atoms with E-state index in [9.17, 15) is 5.11 Å². The number of aromatic nitrogens is 1. The number of fused-ring (bicyclic) bond motifs is 1. The monoisotopic (exact) mass is 404 g/mol. The molecule has 0 aliphatic heterocycles. The number of ether oxygens (including phenoxy) is 1. The maximum absolute atomic E-state index is 10.0. The van der Waals surface area contributed by atoms with Crippen LogP contribution in [0.1, 0.15) is 0 Å². The Morgan fingerprint density at radius 1 is 1.25 bits per heavy atom. The van der Waals surface area contributed by atoms with Gasteiger partial charge in [-0.2, -0.15) is 0 Å². The second-order valence-electron chi connectivity index (χ2n) is 4.87. The summed E-state index contributed by atoms with van der Waals surface area (Å²) in [6, 6.07) is 12.9. The van der Waals surface area contributed by atoms with Gasteiger partial charge in [0, 0.05) is 21.6 Å². The number of methoxy groups -OCH3 is 1. The number of nitrogens with zero attached hydrogens (tertiary/aromatic N) is 2. The van der Waals surface area contributed by atoms with Crippen LogP contribution in [0.3, 0.4) is 0 Å². The smallest absolute Gasteiger partial charge is 0.218 e. The highest BCUT2D eigenvalue weighted by molar-refractivity contribution is 9.10. The Morgan fingerprint density at radius 3 is 2.71 bits per heavy atom. The first-order chi connectivity index (χ1) is 11.6. The molecule has 3 rings (SSSR count). The van der Waals surface area contributed by atoms with Crippen molar-refractivity contribution in [2.75, 3.05) is 12.4 Å². The fourth-order valence-corrected chi connectivity index (χ4v) is 2.58. The maximum Gasteiger partial charge on any atom is 0.218 e. The van der Waals surface area contributed by atoms with Crippen molar-refractivity contribution in [1.29, 1.82) is 0 Å². The molecule has 0 saturated carbocycles. The zero-order valence-corrected chi connectivity index (χ0v) is 15.0. The first-order valence-electron chi connectivity index (χ1n) is 6.94. The number of nitrogens with one attached hydrogen (secondary N) is 2. The molecule has 0 radical (unpaired) electrons. The molecule has 0 spiro atoms. The Hall–Kier alpha value is -2.45. The van der Waals surface area contributed by atoms with Gasteiger partial charge in [0.05, 0.1) is 12.6 Å². The maximum atomic E-state index is 10.0. The molecule has 1 aromatic heterocycles. The molecule has 0 aliphatic carbocycles. The molecule has 24 heavy (non-hydrogen) atoms. The van der Waals surface area contributed by atoms with Crippen LogP contribution in [0, 0.1) is 0 Å². The first-order valence-corrected chi connectivity index (χ1v) is 8.14. The van der Waals surface area contributed by atoms with Crippen LogP contribution in [0.25, 0.3) is 10.9 Å². The number of rotatable bonds is 3. The Bertz CT molecular complexity index is 922. The van der Waals surface area contributed by atoms with Crippen LogP contribution in [0.15, 0.2) is 57.2 Å². The lowest BCUT2D eigenvalue weighted by Crippen LogP contribution is -2.04. The molecular weight excluding hydrogens is 392 g/mol. The van der Waals surface area contributed by atoms with E-state index in [4.69, 9.17) is 17.0 Å². The number of azo groups is 1. The van der Waals surface area contributed by atoms with Crippen LogP contribution in [0.4, 0.5) is 11.4 Å². The molecule has 3 aromatic rings. The standard InChI is InChI=1S/C16H13BrN4O2S/c1-23-11-6-7-12-13(8-11)19-15(22)14(12)20-21-16(24)18-10-4-2-9(17)3-5-10/h2-8,19,22H,1H3,(H,18,24). The van der Waals surface area contributed by atoms with Crippen molar-refractivity contribution in [2.45, 2.75) is 0 Å². The number of halogens is 1. The van der Waals surface area contributed by atoms with E-state index < -0.39 is 0 Å². The van der Waals surface area contributed by atoms with Crippen LogP contribution in [-0.4, -0.2) is 22.3 Å². The molecule has 2 aromatic carbocycles. The van der Waals surface area contributed by atoms with Gasteiger partial charge in [-0.25, -0.2) is 0 Å². The molecule has 0 amide bonds. The summed E-state index contributed by atoms with van der Waals surface area (Å²) in [4.78, 5) is 2.83. The summed E-state index contributed by atoms with van der Waals surface area (Å²) >= 11 is 8.52. The molecular formula is C16H13BrN4O2S. The highest BCUT2D eigenvalue weighted by atomic mass is 79.9. The van der Waals surface area contributed by atoms with E-state index in [0.29, 0.717) is 17.0 Å². The first kappa shape index (κ1) is 16.4. The van der Waals surface area contributed by atoms with E-state index in [0.717, 1.165) is 15.5 Å². The fourth-order valence-electron chi connectivity index (χ4n) is 2.15. The van der Waals surface area contributed by atoms with E-state index in [2.05, 4.69) is 36.5 Å². The normalized spacial score (nSPS) is 11.1. The van der Waals surface area contributed by atoms with Crippen LogP contribution < -0.4 is 10.1 Å². The van der Waals surface area contributed by atoms with Crippen molar-refractivity contribution in [3.63, 3.8) is 0 Å². The molecule has 1 heterocycles. The molecule has 122 valence electrons. The predicted molar refractivity (Wildman–Crippen MR) is 101 cm³/mol. The van der Waals surface area contributed by atoms with Gasteiger partial charge < -0.3 is 20.1 Å². The summed E-state index contributed by atoms with van der Waals surface area (Å²) in [6.45, 7) is 0. The topological polar surface area (TPSA) is 82.0 Å². The van der Waals surface area contributed by atoms with Crippen LogP contribution in [0.5, 0.6) is 11.6 Å². The minimum atomic E-state index is -0.0755. The van der Waals surface area contributed by atoms with Crippen molar-refractivity contribution in [3.8, 4) is 11.6 Å². The molecule has 0 saturated heterocycles. The van der Waals surface area contributed by atoms with Crippen LogP contribution in [-0.2, 0) is 0 Å². The average Bonchev–Trinajstić information content (AvgIpc) is 2.89. The molecule has 0 aliphatic rings. The number of hydrogen-bond donors (Lipinski definition) is 3. The van der Waals surface area contributed by atoms with Gasteiger partial charge in [-0.05, 0) is 48.6 Å². The second-order valence-corrected chi connectivity index (χ2v) is 6.17. The van der Waals surface area contributed by atoms with Gasteiger partial charge in [0.2, 0.25) is 11.0 Å². The zero-order valence-electron chi connectivity index (χ0n) is 12.6. The van der Waals surface area contributed by atoms with E-state index in [1.807, 2.05) is 24.3 Å². The van der Waals surface area contributed by atoms with Crippen molar-refractivity contribution >= 4 is 55.5 Å². The molecule has 8 heteroatoms. The molecule has 3 N–H and O–H groups in total. The molecule has 0 unspecified atom stereocenters. The van der Waals surface area contributed by atoms with Gasteiger partial charge in [0.25, 0.3) is 0 Å². The third kappa shape index (κ3) is 3.55. The minimum absolute atomic E-state index is 0.0755. The van der Waals surface area contributed by atoms with E-state index in [1.165, 1.54) is 0 Å². The number of benzene rings is 2. The SMILES string of the molecule is COc1ccc2c(N=NC(=S)Nc3ccc(Br)cc3)c(O)[nH]c2c1. The molecule has 6 nitrogen and oxygen atoms in total. The number of thiocarbonyl (C=S) groups is 1. The summed E-state index contributed by atoms with van der Waals surface area (Å²) in [5, 5.41) is 21.9. The Balaban J connectivity index is 1.80. The van der Waals surface area contributed by atoms with Gasteiger partial charge in [0.15, 0.2) is 5.69 Å². The lowest BCUT2D eigenvalue weighted by molar-refractivity contribution is 0.415. The summed E-state index contributed by atoms with van der Waals surface area (Å²) in [7, 11) is 1.58. The highest BCUT2D eigenvalue weighted by Crippen LogP contribution is 2.36. The number of H-pyrrole nitrogens is 1. The van der Waals surface area contributed by atoms with Gasteiger partial charge in [0.1, 0.15) is 5.75 Å². The zero-order chi connectivity index (χ0) is 17.1. The van der Waals surface area contributed by atoms with Crippen molar-refractivity contribution < 1.29 is 9.84 Å². The lowest BCUT2D eigenvalue weighted by Gasteiger charge is -2.02. The van der Waals surface area contributed by atoms with Gasteiger partial charge in [-0.15, -0.1) is 10.2 Å². The predicted octanol–water partition coefficient (Wildman–Crippen LogP) is 5.13. The highest BCUT2D eigenvalue weighted by Gasteiger charge is 2.11. The van der Waals surface area contributed by atoms with Crippen molar-refractivity contribution in [1.82, 2.24) is 4.98 Å². The number of hydrogen-bond acceptors (Lipinski definition) is 4. The van der Waals surface area contributed by atoms with E-state index in [-0.39, 0.29) is 11.0 Å². The Kier molecular flexibility index (Phi) is 4.77. The third-order valence-corrected chi connectivity index (χ3v) is 4.01. The third-order valence-electron chi connectivity index (χ3n) is 3.30. The van der Waals surface area contributed by atoms with Crippen molar-refractivity contribution in [2.24, 2.45) is 10.2 Å². The number of aromatic amines is 1. The summed E-state index contributed by atoms with van der Waals surface area (Å²) in [5.41, 5.74) is 1.83. The lowest BCUT2D eigenvalue weighted by atomic mass is 10.2. The van der Waals surface area contributed by atoms with E-state index >= 15 is 0 Å². The Labute approximate surface area is 151 Å². The largest absolute Gasteiger partial charge is 0.497 e. The van der Waals surface area contributed by atoms with Gasteiger partial charge in [-0.3, -0.25) is 0 Å². The summed E-state index contributed by atoms with van der Waals surface area (Å²) in [5.74, 6) is 0.605. The number of aromatic hydroxyl groups is 1. The van der Waals surface area contributed by atoms with E-state index in [1.54, 1.807) is 25.3 Å². The molecule has 0 fully saturated rings. The van der Waals surface area contributed by atoms with Crippen LogP contribution >= 0.6 is 28.1 Å². The average molecular weight is 405 g/mol. The fraction of sp³-hybridized carbons (Fsp3) is 0.0625. The van der Waals surface area contributed by atoms with Crippen LogP contribution in [0.2, 0.25) is 0 Å². The molecule has 0 bridgehead atoms. The van der Waals surface area contributed by atoms with Gasteiger partial charge >= 0.3 is 0 Å². The van der Waals surface area contributed by atoms with Gasteiger partial charge in [-0.1, -0.05) is 15.9 Å². The number of anilines is 1. The summed E-state index contributed by atoms with van der Waals surface area (Å²) in [6.07, 6.45) is 0. The molecule has 0 atom stereocenters. The Morgan fingerprint density at radius 2 is 2.00 bits per heavy atom. The second kappa shape index (κ2) is 6.98. The quantitative estimate of drug-likeness (QED) is 0.417. The minimum Gasteiger partial charge on any atom is -0.497 e. The summed E-state index contributed by atoms with van der Waals surface area (Å²) < 4.78 is 6.13. The van der Waals surface area contributed by atoms with Crippen molar-refractivity contribution in [3.05, 3.63) is 46.9 Å².